The summed E-state index contributed by atoms with van der Waals surface area (Å²) in [6.07, 6.45) is 5.77. The molecular formula is C23H24F2N4O2S. The van der Waals surface area contributed by atoms with E-state index < -0.39 is 27.7 Å². The fourth-order valence-corrected chi connectivity index (χ4v) is 5.54. The first-order valence-electron chi connectivity index (χ1n) is 10.4. The molecule has 1 N–H and O–H groups in total. The van der Waals surface area contributed by atoms with Gasteiger partial charge in [-0.05, 0) is 24.5 Å². The van der Waals surface area contributed by atoms with Gasteiger partial charge in [0.25, 0.3) is 0 Å². The van der Waals surface area contributed by atoms with Crippen LogP contribution in [0.25, 0.3) is 0 Å². The Labute approximate surface area is 186 Å². The summed E-state index contributed by atoms with van der Waals surface area (Å²) >= 11 is 0. The molecule has 1 atom stereocenters. The van der Waals surface area contributed by atoms with E-state index in [4.69, 9.17) is 0 Å². The molecule has 2 heterocycles. The molecule has 0 aliphatic carbocycles. The first-order chi connectivity index (χ1) is 15.4. The number of hydrogen-bond donors (Lipinski definition) is 1. The lowest BCUT2D eigenvalue weighted by Crippen LogP contribution is -2.46. The van der Waals surface area contributed by atoms with Crippen molar-refractivity contribution in [1.29, 1.82) is 0 Å². The number of sulfonamides is 1. The molecule has 0 amide bonds. The van der Waals surface area contributed by atoms with Gasteiger partial charge in [0.2, 0.25) is 10.0 Å². The first-order valence-corrected chi connectivity index (χ1v) is 12.1. The summed E-state index contributed by atoms with van der Waals surface area (Å²) in [5, 5.41) is 0. The molecule has 4 rings (SSSR count). The third-order valence-corrected chi connectivity index (χ3v) is 6.97. The van der Waals surface area contributed by atoms with Crippen LogP contribution in [0.5, 0.6) is 0 Å². The van der Waals surface area contributed by atoms with Crippen molar-refractivity contribution >= 4 is 10.0 Å². The number of nitrogens with one attached hydrogen (secondary N) is 1. The number of likely N-dealkylation sites (tertiary alicyclic amines) is 1. The van der Waals surface area contributed by atoms with Gasteiger partial charge in [-0.25, -0.2) is 21.9 Å². The van der Waals surface area contributed by atoms with Gasteiger partial charge in [-0.15, -0.1) is 0 Å². The molecule has 1 unspecified atom stereocenters. The van der Waals surface area contributed by atoms with E-state index in [1.165, 1.54) is 24.5 Å². The Hall–Kier alpha value is -2.75. The Morgan fingerprint density at radius 3 is 2.47 bits per heavy atom. The SMILES string of the molecule is O=S(=O)(Cc1ccccc1)NC1CCN(C(c2cnccn2)c2ccc(F)cc2F)CC1. The van der Waals surface area contributed by atoms with E-state index in [1.54, 1.807) is 18.3 Å². The quantitative estimate of drug-likeness (QED) is 0.587. The summed E-state index contributed by atoms with van der Waals surface area (Å²) in [4.78, 5) is 10.5. The van der Waals surface area contributed by atoms with E-state index in [0.717, 1.165) is 11.6 Å². The second kappa shape index (κ2) is 9.81. The van der Waals surface area contributed by atoms with E-state index >= 15 is 0 Å². The van der Waals surface area contributed by atoms with Gasteiger partial charge < -0.3 is 0 Å². The van der Waals surface area contributed by atoms with Crippen LogP contribution in [-0.2, 0) is 15.8 Å². The standard InChI is InChI=1S/C23H24F2N4O2S/c24-18-6-7-20(21(25)14-18)23(22-15-26-10-11-27-22)29-12-8-19(9-13-29)28-32(30,31)16-17-4-2-1-3-5-17/h1-7,10-11,14-15,19,23,28H,8-9,12-13,16H2. The minimum atomic E-state index is -3.48. The van der Waals surface area contributed by atoms with Gasteiger partial charge >= 0.3 is 0 Å². The number of benzene rings is 2. The molecule has 1 aliphatic rings. The van der Waals surface area contributed by atoms with E-state index in [2.05, 4.69) is 14.7 Å². The largest absolute Gasteiger partial charge is 0.291 e. The van der Waals surface area contributed by atoms with Crippen molar-refractivity contribution in [3.8, 4) is 0 Å². The number of piperidine rings is 1. The average Bonchev–Trinajstić information content (AvgIpc) is 2.77. The van der Waals surface area contributed by atoms with Crippen LogP contribution in [0.2, 0.25) is 0 Å². The molecule has 0 radical (unpaired) electrons. The average molecular weight is 459 g/mol. The summed E-state index contributed by atoms with van der Waals surface area (Å²) in [5.74, 6) is -1.36. The second-order valence-electron chi connectivity index (χ2n) is 7.87. The predicted molar refractivity (Wildman–Crippen MR) is 117 cm³/mol. The van der Waals surface area contributed by atoms with Crippen LogP contribution >= 0.6 is 0 Å². The Balaban J connectivity index is 1.47. The van der Waals surface area contributed by atoms with E-state index in [-0.39, 0.29) is 11.8 Å². The highest BCUT2D eigenvalue weighted by Gasteiger charge is 2.31. The summed E-state index contributed by atoms with van der Waals surface area (Å²) < 4.78 is 56.1. The molecule has 32 heavy (non-hydrogen) atoms. The number of nitrogens with zero attached hydrogens (tertiary/aromatic N) is 3. The van der Waals surface area contributed by atoms with Crippen molar-refractivity contribution in [3.05, 3.63) is 95.6 Å². The maximum Gasteiger partial charge on any atom is 0.216 e. The smallest absolute Gasteiger partial charge is 0.216 e. The van der Waals surface area contributed by atoms with Crippen LogP contribution < -0.4 is 4.72 Å². The molecular weight excluding hydrogens is 434 g/mol. The van der Waals surface area contributed by atoms with E-state index in [0.29, 0.717) is 37.2 Å². The topological polar surface area (TPSA) is 75.2 Å². The van der Waals surface area contributed by atoms with Gasteiger partial charge in [0, 0.05) is 43.2 Å². The number of hydrogen-bond acceptors (Lipinski definition) is 5. The number of aromatic nitrogens is 2. The van der Waals surface area contributed by atoms with Crippen molar-refractivity contribution in [3.63, 3.8) is 0 Å². The molecule has 1 saturated heterocycles. The van der Waals surface area contributed by atoms with Gasteiger partial charge in [-0.2, -0.15) is 0 Å². The third-order valence-electron chi connectivity index (χ3n) is 5.56. The third kappa shape index (κ3) is 5.53. The van der Waals surface area contributed by atoms with Crippen LogP contribution in [0.4, 0.5) is 8.78 Å². The lowest BCUT2D eigenvalue weighted by Gasteiger charge is -2.37. The molecule has 1 aliphatic heterocycles. The van der Waals surface area contributed by atoms with Gasteiger partial charge in [0.05, 0.1) is 23.7 Å². The summed E-state index contributed by atoms with van der Waals surface area (Å²) in [7, 11) is -3.48. The molecule has 2 aromatic carbocycles. The second-order valence-corrected chi connectivity index (χ2v) is 9.63. The zero-order valence-electron chi connectivity index (χ0n) is 17.4. The summed E-state index contributed by atoms with van der Waals surface area (Å²) in [5.41, 5.74) is 1.60. The van der Waals surface area contributed by atoms with Crippen molar-refractivity contribution < 1.29 is 17.2 Å². The predicted octanol–water partition coefficient (Wildman–Crippen LogP) is 3.43. The molecule has 0 bridgehead atoms. The molecule has 9 heteroatoms. The first kappa shape index (κ1) is 22.4. The number of rotatable bonds is 7. The Morgan fingerprint density at radius 1 is 1.06 bits per heavy atom. The van der Waals surface area contributed by atoms with Crippen LogP contribution in [0.15, 0.2) is 67.1 Å². The van der Waals surface area contributed by atoms with Gasteiger partial charge in [0.15, 0.2) is 0 Å². The maximum absolute atomic E-state index is 14.6. The zero-order chi connectivity index (χ0) is 22.6. The Morgan fingerprint density at radius 2 is 1.81 bits per heavy atom. The molecule has 1 aromatic heterocycles. The number of halogens is 2. The van der Waals surface area contributed by atoms with Crippen LogP contribution in [0.1, 0.15) is 35.7 Å². The van der Waals surface area contributed by atoms with Gasteiger partial charge in [0.1, 0.15) is 11.6 Å². The molecule has 6 nitrogen and oxygen atoms in total. The summed E-state index contributed by atoms with van der Waals surface area (Å²) in [6.45, 7) is 1.05. The molecule has 0 saturated carbocycles. The van der Waals surface area contributed by atoms with Gasteiger partial charge in [-0.1, -0.05) is 36.4 Å². The van der Waals surface area contributed by atoms with Crippen LogP contribution in [-0.4, -0.2) is 42.4 Å². The Bertz CT molecular complexity index is 1140. The van der Waals surface area contributed by atoms with Crippen molar-refractivity contribution in [1.82, 2.24) is 19.6 Å². The highest BCUT2D eigenvalue weighted by atomic mass is 32.2. The molecule has 1 fully saturated rings. The highest BCUT2D eigenvalue weighted by Crippen LogP contribution is 2.31. The Kier molecular flexibility index (Phi) is 6.88. The summed E-state index contributed by atoms with van der Waals surface area (Å²) in [6, 6.07) is 11.8. The fraction of sp³-hybridized carbons (Fsp3) is 0.304. The maximum atomic E-state index is 14.6. The van der Waals surface area contributed by atoms with Crippen molar-refractivity contribution in [2.75, 3.05) is 13.1 Å². The highest BCUT2D eigenvalue weighted by molar-refractivity contribution is 7.88. The molecule has 3 aromatic rings. The minimum absolute atomic E-state index is 0.0723. The fourth-order valence-electron chi connectivity index (χ4n) is 4.08. The lowest BCUT2D eigenvalue weighted by molar-refractivity contribution is 0.165. The normalized spacial score (nSPS) is 16.7. The molecule has 168 valence electrons. The zero-order valence-corrected chi connectivity index (χ0v) is 18.2. The molecule has 0 spiro atoms. The minimum Gasteiger partial charge on any atom is -0.291 e. The van der Waals surface area contributed by atoms with Crippen molar-refractivity contribution in [2.45, 2.75) is 30.7 Å². The van der Waals surface area contributed by atoms with Crippen LogP contribution in [0, 0.1) is 11.6 Å². The van der Waals surface area contributed by atoms with E-state index in [9.17, 15) is 17.2 Å². The van der Waals surface area contributed by atoms with E-state index in [1.807, 2.05) is 23.1 Å². The van der Waals surface area contributed by atoms with Crippen LogP contribution in [0.3, 0.4) is 0 Å². The monoisotopic (exact) mass is 458 g/mol. The van der Waals surface area contributed by atoms with Gasteiger partial charge in [-0.3, -0.25) is 14.9 Å². The lowest BCUT2D eigenvalue weighted by atomic mass is 9.97. The van der Waals surface area contributed by atoms with Crippen molar-refractivity contribution in [2.24, 2.45) is 0 Å².